The average molecular weight is 733 g/mol. The summed E-state index contributed by atoms with van der Waals surface area (Å²) in [5, 5.41) is 120. The smallest absolute Gasteiger partial charge is 0.217 e. The van der Waals surface area contributed by atoms with Crippen molar-refractivity contribution < 1.29 is 98.9 Å². The molecule has 20 atom stereocenters. The number of carbonyl (C=O) groups excluding carboxylic acids is 2. The van der Waals surface area contributed by atoms with E-state index in [1.807, 2.05) is 0 Å². The number of hydrogen-bond acceptors (Lipinski definition) is 20. The first kappa shape index (κ1) is 41.0. The summed E-state index contributed by atoms with van der Waals surface area (Å²) in [4.78, 5) is 24.4. The second-order valence-corrected chi connectivity index (χ2v) is 12.6. The molecule has 0 aromatic carbocycles. The van der Waals surface area contributed by atoms with Crippen molar-refractivity contribution in [2.75, 3.05) is 19.8 Å². The molecule has 0 radical (unpaired) electrons. The quantitative estimate of drug-likeness (QED) is 0.0938. The van der Waals surface area contributed by atoms with Gasteiger partial charge in [0.15, 0.2) is 25.2 Å². The Balaban J connectivity index is 1.69. The van der Waals surface area contributed by atoms with Crippen LogP contribution in [0.25, 0.3) is 0 Å². The number of aliphatic hydroxyl groups excluding tert-OH is 11. The lowest BCUT2D eigenvalue weighted by molar-refractivity contribution is -0.384. The lowest BCUT2D eigenvalue weighted by Crippen LogP contribution is -2.71. The van der Waals surface area contributed by atoms with E-state index < -0.39 is 154 Å². The van der Waals surface area contributed by atoms with E-state index in [-0.39, 0.29) is 0 Å². The fraction of sp³-hybridized carbons (Fsp3) is 0.929. The number of ether oxygens (including phenoxy) is 7. The van der Waals surface area contributed by atoms with E-state index in [0.29, 0.717) is 0 Å². The van der Waals surface area contributed by atoms with Gasteiger partial charge in [0.05, 0.1) is 25.9 Å². The van der Waals surface area contributed by atoms with Gasteiger partial charge in [0.2, 0.25) is 11.8 Å². The molecule has 0 bridgehead atoms. The van der Waals surface area contributed by atoms with Gasteiger partial charge in [0.25, 0.3) is 0 Å². The first-order valence-corrected chi connectivity index (χ1v) is 15.9. The standard InChI is InChI=1S/C28H48N2O20/c1-7-15(36)19(40)21(42)27(44-7)50-24-20(41)16(37)10(4-31)47-28(24)49-23-14(30-9(3)35)26(46-12(6-33)18(23)39)48-22-13(29-8(2)34)25(43)45-11(5-32)17(22)38/h7,10-28,31-33,36-43H,4-6H2,1-3H3,(H,29,34)(H,30,35)/t7-,10+,11+,12+,13+,14+,15+,16-,17-,18+,19+,20-,21-,22+,23+,24+,25-,26?,27?,28?/m0/s1. The molecule has 13 N–H and O–H groups in total. The van der Waals surface area contributed by atoms with Crippen molar-refractivity contribution in [1.29, 1.82) is 0 Å². The Labute approximate surface area is 285 Å². The van der Waals surface area contributed by atoms with Gasteiger partial charge in [0, 0.05) is 13.8 Å². The summed E-state index contributed by atoms with van der Waals surface area (Å²) < 4.78 is 39.8. The van der Waals surface area contributed by atoms with Crippen LogP contribution in [0.15, 0.2) is 0 Å². The molecule has 290 valence electrons. The number of nitrogens with one attached hydrogen (secondary N) is 2. The second-order valence-electron chi connectivity index (χ2n) is 12.6. The molecule has 4 heterocycles. The van der Waals surface area contributed by atoms with E-state index in [2.05, 4.69) is 10.6 Å². The van der Waals surface area contributed by atoms with Crippen molar-refractivity contribution in [2.24, 2.45) is 0 Å². The molecular formula is C28H48N2O20. The maximum atomic E-state index is 12.5. The fourth-order valence-corrected chi connectivity index (χ4v) is 6.27. The number of rotatable bonds is 11. The van der Waals surface area contributed by atoms with Crippen molar-refractivity contribution in [3.8, 4) is 0 Å². The van der Waals surface area contributed by atoms with E-state index >= 15 is 0 Å². The summed E-state index contributed by atoms with van der Waals surface area (Å²) >= 11 is 0. The molecule has 22 nitrogen and oxygen atoms in total. The molecule has 4 saturated heterocycles. The summed E-state index contributed by atoms with van der Waals surface area (Å²) in [5.41, 5.74) is 0. The normalized spacial score (nSPS) is 48.5. The molecule has 4 fully saturated rings. The highest BCUT2D eigenvalue weighted by molar-refractivity contribution is 5.73. The third-order valence-corrected chi connectivity index (χ3v) is 8.97. The molecule has 50 heavy (non-hydrogen) atoms. The van der Waals surface area contributed by atoms with Crippen LogP contribution in [0.2, 0.25) is 0 Å². The number of aliphatic hydroxyl groups is 11. The molecule has 0 aliphatic carbocycles. The molecule has 0 saturated carbocycles. The van der Waals surface area contributed by atoms with Gasteiger partial charge in [-0.3, -0.25) is 9.59 Å². The summed E-state index contributed by atoms with van der Waals surface area (Å²) in [6.07, 6.45) is -30.6. The second kappa shape index (κ2) is 17.4. The van der Waals surface area contributed by atoms with Crippen molar-refractivity contribution >= 4 is 11.8 Å². The summed E-state index contributed by atoms with van der Waals surface area (Å²) in [6.45, 7) is 0.959. The van der Waals surface area contributed by atoms with Crippen molar-refractivity contribution in [2.45, 2.75) is 143 Å². The van der Waals surface area contributed by atoms with Gasteiger partial charge in [-0.25, -0.2) is 0 Å². The van der Waals surface area contributed by atoms with Gasteiger partial charge >= 0.3 is 0 Å². The van der Waals surface area contributed by atoms with Gasteiger partial charge in [-0.05, 0) is 6.92 Å². The minimum Gasteiger partial charge on any atom is -0.394 e. The maximum absolute atomic E-state index is 12.5. The van der Waals surface area contributed by atoms with E-state index in [4.69, 9.17) is 33.2 Å². The molecule has 22 heteroatoms. The zero-order chi connectivity index (χ0) is 37.2. The van der Waals surface area contributed by atoms with Crippen LogP contribution in [0.5, 0.6) is 0 Å². The van der Waals surface area contributed by atoms with Gasteiger partial charge in [0.1, 0.15) is 91.4 Å². The van der Waals surface area contributed by atoms with Crippen LogP contribution in [-0.4, -0.2) is 211 Å². The van der Waals surface area contributed by atoms with E-state index in [9.17, 15) is 65.8 Å². The van der Waals surface area contributed by atoms with Crippen molar-refractivity contribution in [3.63, 3.8) is 0 Å². The first-order valence-electron chi connectivity index (χ1n) is 15.9. The lowest BCUT2D eigenvalue weighted by atomic mass is 9.93. The number of carbonyl (C=O) groups is 2. The summed E-state index contributed by atoms with van der Waals surface area (Å²) in [6, 6.07) is -3.08. The molecule has 4 aliphatic rings. The molecule has 2 amide bonds. The van der Waals surface area contributed by atoms with Crippen molar-refractivity contribution in [1.82, 2.24) is 10.6 Å². The molecule has 4 rings (SSSR count). The Morgan fingerprint density at radius 2 is 0.980 bits per heavy atom. The highest BCUT2D eigenvalue weighted by Crippen LogP contribution is 2.34. The Hall–Kier alpha value is -1.78. The Bertz CT molecular complexity index is 1130. The average Bonchev–Trinajstić information content (AvgIpc) is 3.06. The van der Waals surface area contributed by atoms with Gasteiger partial charge in [-0.15, -0.1) is 0 Å². The largest absolute Gasteiger partial charge is 0.394 e. The molecule has 4 aliphatic heterocycles. The van der Waals surface area contributed by atoms with Crippen molar-refractivity contribution in [3.05, 3.63) is 0 Å². The zero-order valence-electron chi connectivity index (χ0n) is 27.3. The predicted octanol–water partition coefficient (Wildman–Crippen LogP) is -8.43. The molecule has 0 spiro atoms. The minimum absolute atomic E-state index is 0.683. The van der Waals surface area contributed by atoms with Crippen LogP contribution in [0.4, 0.5) is 0 Å². The lowest BCUT2D eigenvalue weighted by Gasteiger charge is -2.50. The van der Waals surface area contributed by atoms with Gasteiger partial charge in [-0.1, -0.05) is 0 Å². The summed E-state index contributed by atoms with van der Waals surface area (Å²) in [7, 11) is 0. The van der Waals surface area contributed by atoms with E-state index in [0.717, 1.165) is 13.8 Å². The third-order valence-electron chi connectivity index (χ3n) is 8.97. The van der Waals surface area contributed by atoms with Crippen LogP contribution in [-0.2, 0) is 42.7 Å². The number of amides is 2. The molecule has 0 aromatic rings. The topological polar surface area (TPSA) is 345 Å². The third kappa shape index (κ3) is 8.70. The SMILES string of the molecule is CC(=O)N[C@@H]1[C@@H](OC2O[C@H](CO)[C@@H](O)[C@H](OC3O[C@H](CO)[C@H](O)[C@H](O)[C@H]3OC3O[C@@H](C)[C@@H](O)[C@@H](O)[C@@H]3O)[C@H]2NC(C)=O)[C@@H](O)[C@@H](CO)O[C@@H]1O. The highest BCUT2D eigenvalue weighted by Gasteiger charge is 2.56. The van der Waals surface area contributed by atoms with Gasteiger partial charge < -0.3 is 100.0 Å². The van der Waals surface area contributed by atoms with E-state index in [1.165, 1.54) is 6.92 Å². The predicted molar refractivity (Wildman–Crippen MR) is 156 cm³/mol. The van der Waals surface area contributed by atoms with Crippen LogP contribution in [0.1, 0.15) is 20.8 Å². The minimum atomic E-state index is -1.95. The Morgan fingerprint density at radius 3 is 1.54 bits per heavy atom. The molecule has 0 aromatic heterocycles. The van der Waals surface area contributed by atoms with Crippen LogP contribution < -0.4 is 10.6 Å². The zero-order valence-corrected chi connectivity index (χ0v) is 27.3. The molecule has 3 unspecified atom stereocenters. The maximum Gasteiger partial charge on any atom is 0.217 e. The highest BCUT2D eigenvalue weighted by atomic mass is 16.8. The summed E-state index contributed by atoms with van der Waals surface area (Å²) in [5.74, 6) is -1.44. The van der Waals surface area contributed by atoms with Crippen LogP contribution >= 0.6 is 0 Å². The number of hydrogen-bond donors (Lipinski definition) is 13. The van der Waals surface area contributed by atoms with Crippen LogP contribution in [0.3, 0.4) is 0 Å². The van der Waals surface area contributed by atoms with E-state index in [1.54, 1.807) is 0 Å². The molecular weight excluding hydrogens is 684 g/mol. The van der Waals surface area contributed by atoms with Crippen LogP contribution in [0, 0.1) is 0 Å². The monoisotopic (exact) mass is 732 g/mol. The Morgan fingerprint density at radius 1 is 0.520 bits per heavy atom. The Kier molecular flexibility index (Phi) is 14.2. The van der Waals surface area contributed by atoms with Gasteiger partial charge in [-0.2, -0.15) is 0 Å². The fourth-order valence-electron chi connectivity index (χ4n) is 6.27. The first-order chi connectivity index (χ1) is 23.5.